The van der Waals surface area contributed by atoms with Crippen molar-refractivity contribution in [2.45, 2.75) is 39.8 Å². The van der Waals surface area contributed by atoms with Gasteiger partial charge in [0.15, 0.2) is 0 Å². The summed E-state index contributed by atoms with van der Waals surface area (Å²) >= 11 is 0. The maximum Gasteiger partial charge on any atom is 0.0365 e. The minimum Gasteiger partial charge on any atom is -0.383 e. The lowest BCUT2D eigenvalue weighted by Gasteiger charge is -2.25. The van der Waals surface area contributed by atoms with E-state index in [-0.39, 0.29) is 0 Å². The van der Waals surface area contributed by atoms with Gasteiger partial charge in [-0.25, -0.2) is 0 Å². The van der Waals surface area contributed by atoms with Gasteiger partial charge in [-0.05, 0) is 76.2 Å². The van der Waals surface area contributed by atoms with E-state index in [0.29, 0.717) is 12.1 Å². The van der Waals surface area contributed by atoms with Crippen molar-refractivity contribution in [1.29, 1.82) is 0 Å². The zero-order valence-electron chi connectivity index (χ0n) is 17.1. The second-order valence-corrected chi connectivity index (χ2v) is 7.53. The van der Waals surface area contributed by atoms with E-state index in [4.69, 9.17) is 0 Å². The van der Waals surface area contributed by atoms with E-state index in [0.717, 1.165) is 13.1 Å². The van der Waals surface area contributed by atoms with Gasteiger partial charge in [0.1, 0.15) is 0 Å². The normalized spacial score (nSPS) is 10.9. The van der Waals surface area contributed by atoms with Crippen LogP contribution in [0, 0.1) is 0 Å². The van der Waals surface area contributed by atoms with E-state index < -0.39 is 0 Å². The van der Waals surface area contributed by atoms with Crippen LogP contribution in [0.1, 0.15) is 27.7 Å². The molecule has 142 valence electrons. The van der Waals surface area contributed by atoms with Gasteiger partial charge >= 0.3 is 0 Å². The van der Waals surface area contributed by atoms with Crippen molar-refractivity contribution >= 4 is 22.7 Å². The Morgan fingerprint density at radius 3 is 1.19 bits per heavy atom. The Labute approximate surface area is 159 Å². The highest BCUT2D eigenvalue weighted by atomic mass is 15.2. The number of anilines is 4. The molecule has 0 saturated heterocycles. The van der Waals surface area contributed by atoms with Crippen LogP contribution in [0.5, 0.6) is 0 Å². The molecule has 0 aromatic heterocycles. The van der Waals surface area contributed by atoms with Gasteiger partial charge in [-0.2, -0.15) is 0 Å². The van der Waals surface area contributed by atoms with Gasteiger partial charge in [-0.3, -0.25) is 0 Å². The summed E-state index contributed by atoms with van der Waals surface area (Å²) in [6, 6.07) is 18.2. The van der Waals surface area contributed by atoms with E-state index in [9.17, 15) is 0 Å². The van der Waals surface area contributed by atoms with Gasteiger partial charge < -0.3 is 20.4 Å². The highest BCUT2D eigenvalue weighted by Crippen LogP contribution is 2.19. The molecule has 4 heteroatoms. The van der Waals surface area contributed by atoms with Crippen molar-refractivity contribution in [2.75, 3.05) is 47.6 Å². The molecule has 2 rings (SSSR count). The Balaban J connectivity index is 1.86. The van der Waals surface area contributed by atoms with E-state index in [1.165, 1.54) is 22.7 Å². The summed E-state index contributed by atoms with van der Waals surface area (Å²) in [6.07, 6.45) is 0. The molecular formula is C22H34N4. The summed E-state index contributed by atoms with van der Waals surface area (Å²) in [5, 5.41) is 6.85. The second kappa shape index (κ2) is 9.37. The van der Waals surface area contributed by atoms with Crippen molar-refractivity contribution in [3.63, 3.8) is 0 Å². The molecule has 4 nitrogen and oxygen atoms in total. The number of likely N-dealkylation sites (N-methyl/N-ethyl adjacent to an activating group) is 2. The third-order valence-corrected chi connectivity index (χ3v) is 4.30. The number of nitrogens with one attached hydrogen (secondary N) is 2. The maximum absolute atomic E-state index is 3.43. The molecule has 26 heavy (non-hydrogen) atoms. The summed E-state index contributed by atoms with van der Waals surface area (Å²) in [5.74, 6) is 0. The van der Waals surface area contributed by atoms with Crippen LogP contribution in [-0.2, 0) is 0 Å². The second-order valence-electron chi connectivity index (χ2n) is 7.53. The Morgan fingerprint density at radius 1 is 0.615 bits per heavy atom. The molecule has 0 heterocycles. The minimum atomic E-state index is 0.453. The molecule has 2 N–H and O–H groups in total. The Morgan fingerprint density at radius 2 is 0.923 bits per heavy atom. The SMILES string of the molecule is CC(C)Nc1ccc(N(C)CCN(C)c2ccc(NC(C)C)cc2)cc1. The highest BCUT2D eigenvalue weighted by molar-refractivity contribution is 5.56. The van der Waals surface area contributed by atoms with Crippen molar-refractivity contribution < 1.29 is 0 Å². The van der Waals surface area contributed by atoms with Crippen LogP contribution < -0.4 is 20.4 Å². The van der Waals surface area contributed by atoms with Gasteiger partial charge in [0.05, 0.1) is 0 Å². The summed E-state index contributed by atoms with van der Waals surface area (Å²) in [6.45, 7) is 10.6. The molecule has 0 radical (unpaired) electrons. The Kier molecular flexibility index (Phi) is 7.19. The minimum absolute atomic E-state index is 0.453. The Bertz CT molecular complexity index is 587. The van der Waals surface area contributed by atoms with Crippen LogP contribution in [0.25, 0.3) is 0 Å². The van der Waals surface area contributed by atoms with E-state index >= 15 is 0 Å². The summed E-state index contributed by atoms with van der Waals surface area (Å²) in [7, 11) is 4.29. The van der Waals surface area contributed by atoms with Gasteiger partial charge in [0.25, 0.3) is 0 Å². The third kappa shape index (κ3) is 6.17. The largest absolute Gasteiger partial charge is 0.383 e. The predicted molar refractivity (Wildman–Crippen MR) is 117 cm³/mol. The average Bonchev–Trinajstić information content (AvgIpc) is 2.59. The Hall–Kier alpha value is -2.36. The quantitative estimate of drug-likeness (QED) is 0.670. The lowest BCUT2D eigenvalue weighted by atomic mass is 10.2. The summed E-state index contributed by atoms with van der Waals surface area (Å²) < 4.78 is 0. The number of nitrogens with zero attached hydrogens (tertiary/aromatic N) is 2. The summed E-state index contributed by atoms with van der Waals surface area (Å²) in [4.78, 5) is 4.59. The molecule has 0 bridgehead atoms. The topological polar surface area (TPSA) is 30.5 Å². The van der Waals surface area contributed by atoms with Crippen molar-refractivity contribution in [3.8, 4) is 0 Å². The number of hydrogen-bond donors (Lipinski definition) is 2. The first-order chi connectivity index (χ1) is 12.3. The molecule has 0 saturated carbocycles. The zero-order chi connectivity index (χ0) is 19.1. The van der Waals surface area contributed by atoms with Crippen LogP contribution in [0.2, 0.25) is 0 Å². The molecule has 0 amide bonds. The van der Waals surface area contributed by atoms with E-state index in [1.807, 2.05) is 0 Å². The monoisotopic (exact) mass is 354 g/mol. The highest BCUT2D eigenvalue weighted by Gasteiger charge is 2.06. The van der Waals surface area contributed by atoms with Crippen molar-refractivity contribution in [3.05, 3.63) is 48.5 Å². The lowest BCUT2D eigenvalue weighted by molar-refractivity contribution is 0.832. The number of hydrogen-bond acceptors (Lipinski definition) is 4. The fraction of sp³-hybridized carbons (Fsp3) is 0.455. The molecule has 0 fully saturated rings. The van der Waals surface area contributed by atoms with Gasteiger partial charge in [0.2, 0.25) is 0 Å². The fourth-order valence-electron chi connectivity index (χ4n) is 2.85. The molecular weight excluding hydrogens is 320 g/mol. The molecule has 0 unspecified atom stereocenters. The first-order valence-electron chi connectivity index (χ1n) is 9.50. The lowest BCUT2D eigenvalue weighted by Crippen LogP contribution is -2.30. The summed E-state index contributed by atoms with van der Waals surface area (Å²) in [5.41, 5.74) is 4.82. The predicted octanol–water partition coefficient (Wildman–Crippen LogP) is 4.90. The van der Waals surface area contributed by atoms with Crippen LogP contribution >= 0.6 is 0 Å². The van der Waals surface area contributed by atoms with Crippen LogP contribution in [-0.4, -0.2) is 39.3 Å². The average molecular weight is 355 g/mol. The first-order valence-corrected chi connectivity index (χ1v) is 9.50. The molecule has 0 aliphatic carbocycles. The third-order valence-electron chi connectivity index (χ3n) is 4.30. The molecule has 0 atom stereocenters. The standard InChI is InChI=1S/C22H34N4/c1-17(2)23-19-7-11-21(12-8-19)25(5)15-16-26(6)22-13-9-20(10-14-22)24-18(3)4/h7-14,17-18,23-24H,15-16H2,1-6H3. The smallest absolute Gasteiger partial charge is 0.0365 e. The molecule has 0 aliphatic rings. The zero-order valence-corrected chi connectivity index (χ0v) is 17.1. The molecule has 0 spiro atoms. The molecule has 2 aromatic carbocycles. The van der Waals surface area contributed by atoms with Crippen LogP contribution in [0.4, 0.5) is 22.7 Å². The van der Waals surface area contributed by atoms with Crippen LogP contribution in [0.3, 0.4) is 0 Å². The molecule has 0 aliphatic heterocycles. The number of rotatable bonds is 9. The molecule has 2 aromatic rings. The first kappa shape index (κ1) is 20.0. The van der Waals surface area contributed by atoms with E-state index in [2.05, 4.69) is 111 Å². The van der Waals surface area contributed by atoms with Gasteiger partial charge in [-0.15, -0.1) is 0 Å². The maximum atomic E-state index is 3.43. The fourth-order valence-corrected chi connectivity index (χ4v) is 2.85. The van der Waals surface area contributed by atoms with Crippen molar-refractivity contribution in [1.82, 2.24) is 0 Å². The van der Waals surface area contributed by atoms with E-state index in [1.54, 1.807) is 0 Å². The van der Waals surface area contributed by atoms with Crippen molar-refractivity contribution in [2.24, 2.45) is 0 Å². The van der Waals surface area contributed by atoms with Crippen LogP contribution in [0.15, 0.2) is 48.5 Å². The van der Waals surface area contributed by atoms with Gasteiger partial charge in [-0.1, -0.05) is 0 Å². The number of benzene rings is 2. The van der Waals surface area contributed by atoms with Gasteiger partial charge in [0, 0.05) is 62.0 Å².